The van der Waals surface area contributed by atoms with Crippen molar-refractivity contribution in [3.8, 4) is 11.4 Å². The van der Waals surface area contributed by atoms with Crippen molar-refractivity contribution in [2.75, 3.05) is 7.11 Å². The second-order valence-electron chi connectivity index (χ2n) is 6.85. The lowest BCUT2D eigenvalue weighted by Crippen LogP contribution is -2.05. The predicted octanol–water partition coefficient (Wildman–Crippen LogP) is 5.26. The maximum Gasteiger partial charge on any atom is 0.121 e. The molecule has 0 amide bonds. The molecule has 126 valence electrons. The Morgan fingerprint density at radius 2 is 1.92 bits per heavy atom. The molecule has 0 spiro atoms. The first-order valence-electron chi connectivity index (χ1n) is 8.52. The highest BCUT2D eigenvalue weighted by Gasteiger charge is 2.22. The molecule has 1 heterocycles. The molecule has 24 heavy (non-hydrogen) atoms. The third-order valence-corrected chi connectivity index (χ3v) is 4.82. The van der Waals surface area contributed by atoms with Crippen molar-refractivity contribution in [2.24, 2.45) is 5.92 Å². The Morgan fingerprint density at radius 1 is 1.17 bits per heavy atom. The van der Waals surface area contributed by atoms with Crippen LogP contribution in [0.15, 0.2) is 41.5 Å². The van der Waals surface area contributed by atoms with E-state index in [4.69, 9.17) is 9.84 Å². The zero-order valence-corrected chi connectivity index (χ0v) is 15.5. The van der Waals surface area contributed by atoms with E-state index < -0.39 is 0 Å². The molecule has 0 saturated carbocycles. The van der Waals surface area contributed by atoms with Crippen LogP contribution in [0, 0.1) is 19.8 Å². The molecule has 0 unspecified atom stereocenters. The third kappa shape index (κ3) is 2.79. The van der Waals surface area contributed by atoms with Gasteiger partial charge >= 0.3 is 0 Å². The van der Waals surface area contributed by atoms with Crippen LogP contribution in [0.3, 0.4) is 0 Å². The van der Waals surface area contributed by atoms with Crippen LogP contribution in [-0.4, -0.2) is 16.9 Å². The molecule has 1 aromatic heterocycles. The van der Waals surface area contributed by atoms with Crippen LogP contribution in [0.4, 0.5) is 0 Å². The molecule has 1 atom stereocenters. The van der Waals surface area contributed by atoms with Gasteiger partial charge in [0.05, 0.1) is 18.5 Å². The van der Waals surface area contributed by atoms with Crippen molar-refractivity contribution < 1.29 is 4.74 Å². The van der Waals surface area contributed by atoms with Crippen molar-refractivity contribution in [3.05, 3.63) is 58.4 Å². The predicted molar refractivity (Wildman–Crippen MR) is 99.7 cm³/mol. The van der Waals surface area contributed by atoms with Gasteiger partial charge in [-0.3, -0.25) is 0 Å². The molecule has 0 N–H and O–H groups in total. The molecule has 0 aliphatic heterocycles. The molecule has 1 aliphatic rings. The number of benzene rings is 1. The minimum absolute atomic E-state index is 0.614. The fourth-order valence-corrected chi connectivity index (χ4v) is 3.90. The second kappa shape index (κ2) is 6.31. The summed E-state index contributed by atoms with van der Waals surface area (Å²) in [4.78, 5) is 0. The highest BCUT2D eigenvalue weighted by molar-refractivity contribution is 5.84. The number of aryl methyl sites for hydroxylation is 1. The first-order valence-corrected chi connectivity index (χ1v) is 8.52. The van der Waals surface area contributed by atoms with Crippen molar-refractivity contribution in [2.45, 2.75) is 41.0 Å². The van der Waals surface area contributed by atoms with E-state index in [1.807, 2.05) is 22.9 Å². The van der Waals surface area contributed by atoms with E-state index in [1.165, 1.54) is 28.0 Å². The Labute approximate surface area is 144 Å². The maximum absolute atomic E-state index is 5.36. The van der Waals surface area contributed by atoms with Crippen LogP contribution < -0.4 is 4.74 Å². The smallest absolute Gasteiger partial charge is 0.121 e. The fraction of sp³-hybridized carbons (Fsp3) is 0.381. The van der Waals surface area contributed by atoms with E-state index in [-0.39, 0.29) is 0 Å². The number of nitrogens with zero attached hydrogens (tertiary/aromatic N) is 2. The summed E-state index contributed by atoms with van der Waals surface area (Å²) < 4.78 is 7.38. The molecule has 1 aliphatic carbocycles. The Balaban J connectivity index is 2.14. The van der Waals surface area contributed by atoms with Gasteiger partial charge in [-0.1, -0.05) is 24.6 Å². The number of methoxy groups -OCH3 is 1. The van der Waals surface area contributed by atoms with Crippen LogP contribution in [0.2, 0.25) is 0 Å². The molecule has 3 nitrogen and oxygen atoms in total. The first kappa shape index (κ1) is 16.6. The van der Waals surface area contributed by atoms with Crippen molar-refractivity contribution >= 4 is 5.57 Å². The highest BCUT2D eigenvalue weighted by Crippen LogP contribution is 2.38. The zero-order valence-electron chi connectivity index (χ0n) is 15.5. The Bertz CT molecular complexity index is 840. The highest BCUT2D eigenvalue weighted by atomic mass is 16.5. The number of aromatic nitrogens is 2. The van der Waals surface area contributed by atoms with Crippen LogP contribution in [0.1, 0.15) is 44.1 Å². The average molecular weight is 322 g/mol. The molecule has 3 heteroatoms. The Morgan fingerprint density at radius 3 is 2.58 bits per heavy atom. The van der Waals surface area contributed by atoms with E-state index in [9.17, 15) is 0 Å². The summed E-state index contributed by atoms with van der Waals surface area (Å²) in [6.07, 6.45) is 3.50. The van der Waals surface area contributed by atoms with Crippen molar-refractivity contribution in [3.63, 3.8) is 0 Å². The van der Waals surface area contributed by atoms with Gasteiger partial charge in [0, 0.05) is 17.3 Å². The summed E-state index contributed by atoms with van der Waals surface area (Å²) >= 11 is 0. The monoisotopic (exact) mass is 322 g/mol. The Kier molecular flexibility index (Phi) is 4.35. The molecule has 3 rings (SSSR count). The molecule has 0 fully saturated rings. The van der Waals surface area contributed by atoms with Gasteiger partial charge in [-0.2, -0.15) is 5.10 Å². The lowest BCUT2D eigenvalue weighted by atomic mass is 9.83. The summed E-state index contributed by atoms with van der Waals surface area (Å²) in [5, 5.41) is 4.82. The summed E-state index contributed by atoms with van der Waals surface area (Å²) in [6, 6.07) is 8.05. The Hall–Kier alpha value is -2.29. The van der Waals surface area contributed by atoms with Gasteiger partial charge in [0.15, 0.2) is 0 Å². The van der Waals surface area contributed by atoms with Crippen molar-refractivity contribution in [1.29, 1.82) is 0 Å². The summed E-state index contributed by atoms with van der Waals surface area (Å²) in [5.74, 6) is 1.46. The lowest BCUT2D eigenvalue weighted by molar-refractivity contribution is 0.414. The summed E-state index contributed by atoms with van der Waals surface area (Å²) in [5.41, 5.74) is 8.75. The van der Waals surface area contributed by atoms with Gasteiger partial charge in [0.1, 0.15) is 5.75 Å². The molecule has 0 radical (unpaired) electrons. The van der Waals surface area contributed by atoms with Crippen LogP contribution in [0.5, 0.6) is 5.75 Å². The molecule has 0 saturated heterocycles. The quantitative estimate of drug-likeness (QED) is 0.771. The lowest BCUT2D eigenvalue weighted by Gasteiger charge is -2.22. The van der Waals surface area contributed by atoms with Gasteiger partial charge in [-0.05, 0) is 63.3 Å². The third-order valence-electron chi connectivity index (χ3n) is 4.82. The van der Waals surface area contributed by atoms with E-state index in [0.717, 1.165) is 23.6 Å². The van der Waals surface area contributed by atoms with E-state index in [0.29, 0.717) is 5.92 Å². The largest absolute Gasteiger partial charge is 0.497 e. The van der Waals surface area contributed by atoms with Crippen LogP contribution in [-0.2, 0) is 0 Å². The van der Waals surface area contributed by atoms with E-state index in [2.05, 4.69) is 46.8 Å². The van der Waals surface area contributed by atoms with E-state index in [1.54, 1.807) is 7.11 Å². The number of hydrogen-bond acceptors (Lipinski definition) is 2. The summed E-state index contributed by atoms with van der Waals surface area (Å²) in [6.45, 7) is 11.0. The molecule has 0 bridgehead atoms. The number of ether oxygens (including phenoxy) is 1. The minimum atomic E-state index is 0.614. The topological polar surface area (TPSA) is 27.1 Å². The SMILES string of the molecule is COc1cccc(-n2nc(C)c(C3=C(C)C[C@@H](C)C=C3C)c2C)c1. The number of rotatable bonds is 3. The fourth-order valence-electron chi connectivity index (χ4n) is 3.90. The molecular weight excluding hydrogens is 296 g/mol. The maximum atomic E-state index is 5.36. The van der Waals surface area contributed by atoms with Crippen molar-refractivity contribution in [1.82, 2.24) is 9.78 Å². The molecular formula is C21H26N2O. The van der Waals surface area contributed by atoms with Gasteiger partial charge in [0.25, 0.3) is 0 Å². The normalized spacial score (nSPS) is 17.9. The van der Waals surface area contributed by atoms with E-state index >= 15 is 0 Å². The number of allylic oxidation sites excluding steroid dienone is 4. The van der Waals surface area contributed by atoms with Gasteiger partial charge in [-0.25, -0.2) is 4.68 Å². The average Bonchev–Trinajstić information content (AvgIpc) is 2.82. The van der Waals surface area contributed by atoms with Gasteiger partial charge in [0.2, 0.25) is 0 Å². The first-order chi connectivity index (χ1) is 11.4. The van der Waals surface area contributed by atoms with Gasteiger partial charge in [-0.15, -0.1) is 0 Å². The standard InChI is InChI=1S/C21H26N2O/c1-13-10-14(2)20(15(3)11-13)21-16(4)22-23(17(21)5)18-8-7-9-19(12-18)24-6/h7-10,12-13H,11H2,1-6H3/t13-/m0/s1. The molecule has 1 aromatic carbocycles. The van der Waals surface area contributed by atoms with Gasteiger partial charge < -0.3 is 4.74 Å². The van der Waals surface area contributed by atoms with Crippen LogP contribution in [0.25, 0.3) is 11.3 Å². The summed E-state index contributed by atoms with van der Waals surface area (Å²) in [7, 11) is 1.69. The second-order valence-corrected chi connectivity index (χ2v) is 6.85. The number of hydrogen-bond donors (Lipinski definition) is 0. The molecule has 2 aromatic rings. The minimum Gasteiger partial charge on any atom is -0.497 e. The zero-order chi connectivity index (χ0) is 17.4. The van der Waals surface area contributed by atoms with Crippen LogP contribution >= 0.6 is 0 Å².